The molecule has 5 aromatic rings. The van der Waals surface area contributed by atoms with Crippen molar-refractivity contribution in [3.05, 3.63) is 102 Å². The number of H-pyrrole nitrogens is 1. The summed E-state index contributed by atoms with van der Waals surface area (Å²) in [7, 11) is 0. The molecule has 0 aliphatic rings. The van der Waals surface area contributed by atoms with Gasteiger partial charge >= 0.3 is 5.76 Å². The third kappa shape index (κ3) is 3.01. The van der Waals surface area contributed by atoms with Gasteiger partial charge in [0.15, 0.2) is 5.58 Å². The Morgan fingerprint density at radius 1 is 0.643 bits per heavy atom. The number of nitrogens with one attached hydrogen (secondary N) is 1. The monoisotopic (exact) mass is 364 g/mol. The van der Waals surface area contributed by atoms with Crippen molar-refractivity contribution in [2.75, 3.05) is 0 Å². The molecule has 5 rings (SSSR count). The van der Waals surface area contributed by atoms with Gasteiger partial charge in [0, 0.05) is 11.1 Å². The molecule has 0 spiro atoms. The molecular weight excluding hydrogens is 348 g/mol. The Kier molecular flexibility index (Phi) is 3.87. The molecule has 0 fully saturated rings. The maximum Gasteiger partial charge on any atom is 0.417 e. The van der Waals surface area contributed by atoms with Crippen LogP contribution in [0.4, 0.5) is 0 Å². The molecular formula is C24H16N2O2. The molecule has 134 valence electrons. The Bertz CT molecular complexity index is 1260. The van der Waals surface area contributed by atoms with E-state index in [1.807, 2.05) is 48.5 Å². The normalized spacial score (nSPS) is 11.0. The van der Waals surface area contributed by atoms with Crippen molar-refractivity contribution in [1.82, 2.24) is 9.97 Å². The number of aromatic amines is 1. The largest absolute Gasteiger partial charge is 0.417 e. The average Bonchev–Trinajstić information content (AvgIpc) is 3.14. The minimum absolute atomic E-state index is 0.455. The Morgan fingerprint density at radius 3 is 2.00 bits per heavy atom. The zero-order chi connectivity index (χ0) is 18.9. The van der Waals surface area contributed by atoms with Gasteiger partial charge in [0.2, 0.25) is 0 Å². The molecule has 2 heterocycles. The number of rotatable bonds is 3. The highest BCUT2D eigenvalue weighted by Gasteiger charge is 2.10. The Hall–Kier alpha value is -3.92. The zero-order valence-electron chi connectivity index (χ0n) is 14.9. The molecule has 0 aliphatic heterocycles. The van der Waals surface area contributed by atoms with E-state index in [0.29, 0.717) is 11.1 Å². The van der Waals surface area contributed by atoms with Crippen LogP contribution in [0, 0.1) is 0 Å². The smallest absolute Gasteiger partial charge is 0.408 e. The molecule has 2 aromatic heterocycles. The van der Waals surface area contributed by atoms with E-state index in [9.17, 15) is 4.79 Å². The van der Waals surface area contributed by atoms with Crippen molar-refractivity contribution in [2.45, 2.75) is 0 Å². The number of oxazole rings is 1. The molecule has 0 saturated heterocycles. The lowest BCUT2D eigenvalue weighted by molar-refractivity contribution is 0.555. The van der Waals surface area contributed by atoms with E-state index in [1.165, 1.54) is 0 Å². The predicted octanol–water partition coefficient (Wildman–Crippen LogP) is 5.52. The Labute approximate surface area is 161 Å². The zero-order valence-corrected chi connectivity index (χ0v) is 14.9. The topological polar surface area (TPSA) is 58.9 Å². The van der Waals surface area contributed by atoms with E-state index in [1.54, 1.807) is 6.07 Å². The second-order valence-corrected chi connectivity index (χ2v) is 6.58. The van der Waals surface area contributed by atoms with Crippen LogP contribution in [0.5, 0.6) is 0 Å². The van der Waals surface area contributed by atoms with Gasteiger partial charge in [-0.3, -0.25) is 4.98 Å². The van der Waals surface area contributed by atoms with Gasteiger partial charge in [-0.2, -0.15) is 0 Å². The van der Waals surface area contributed by atoms with Crippen molar-refractivity contribution in [3.63, 3.8) is 0 Å². The van der Waals surface area contributed by atoms with Gasteiger partial charge < -0.3 is 4.42 Å². The quantitative estimate of drug-likeness (QED) is 0.459. The fraction of sp³-hybridized carbons (Fsp3) is 0. The molecule has 0 amide bonds. The summed E-state index contributed by atoms with van der Waals surface area (Å²) < 4.78 is 5.11. The summed E-state index contributed by atoms with van der Waals surface area (Å²) in [6, 6.07) is 30.1. The van der Waals surface area contributed by atoms with E-state index < -0.39 is 5.76 Å². The van der Waals surface area contributed by atoms with Gasteiger partial charge in [0.1, 0.15) is 0 Å². The molecule has 3 aromatic carbocycles. The minimum atomic E-state index is -0.455. The van der Waals surface area contributed by atoms with Crippen molar-refractivity contribution in [3.8, 4) is 33.6 Å². The van der Waals surface area contributed by atoms with Crippen molar-refractivity contribution >= 4 is 11.1 Å². The van der Waals surface area contributed by atoms with Gasteiger partial charge in [-0.15, -0.1) is 0 Å². The van der Waals surface area contributed by atoms with Gasteiger partial charge in [0.05, 0.1) is 16.9 Å². The maximum atomic E-state index is 11.5. The standard InChI is InChI=1S/C24H16N2O2/c27-24-26-22-13-18(11-12-23(22)28-24)21-15-19(16-7-3-1-4-8-16)14-20(25-21)17-9-5-2-6-10-17/h1-15H,(H,26,27). The first-order chi connectivity index (χ1) is 13.8. The summed E-state index contributed by atoms with van der Waals surface area (Å²) >= 11 is 0. The molecule has 0 saturated carbocycles. The van der Waals surface area contributed by atoms with Gasteiger partial charge in [-0.05, 0) is 41.5 Å². The molecule has 0 bridgehead atoms. The van der Waals surface area contributed by atoms with Crippen molar-refractivity contribution in [1.29, 1.82) is 0 Å². The summed E-state index contributed by atoms with van der Waals surface area (Å²) in [6.07, 6.45) is 0. The first-order valence-electron chi connectivity index (χ1n) is 9.02. The molecule has 0 unspecified atom stereocenters. The van der Waals surface area contributed by atoms with Crippen LogP contribution in [0.1, 0.15) is 0 Å². The number of nitrogens with zero attached hydrogens (tertiary/aromatic N) is 1. The van der Waals surface area contributed by atoms with Crippen LogP contribution in [0.2, 0.25) is 0 Å². The molecule has 4 heteroatoms. The number of hydrogen-bond donors (Lipinski definition) is 1. The highest BCUT2D eigenvalue weighted by atomic mass is 16.4. The van der Waals surface area contributed by atoms with Crippen LogP contribution in [-0.4, -0.2) is 9.97 Å². The SMILES string of the molecule is O=c1[nH]c2cc(-c3cc(-c4ccccc4)cc(-c4ccccc4)n3)ccc2o1. The molecule has 0 aliphatic carbocycles. The van der Waals surface area contributed by atoms with E-state index in [2.05, 4.69) is 41.4 Å². The van der Waals surface area contributed by atoms with Gasteiger partial charge in [-0.25, -0.2) is 9.78 Å². The van der Waals surface area contributed by atoms with Crippen LogP contribution in [-0.2, 0) is 0 Å². The number of pyridine rings is 1. The van der Waals surface area contributed by atoms with Crippen LogP contribution < -0.4 is 5.76 Å². The second-order valence-electron chi connectivity index (χ2n) is 6.58. The third-order valence-corrected chi connectivity index (χ3v) is 4.72. The van der Waals surface area contributed by atoms with E-state index >= 15 is 0 Å². The van der Waals surface area contributed by atoms with E-state index in [4.69, 9.17) is 9.40 Å². The highest BCUT2D eigenvalue weighted by Crippen LogP contribution is 2.31. The summed E-state index contributed by atoms with van der Waals surface area (Å²) in [6.45, 7) is 0. The fourth-order valence-corrected chi connectivity index (χ4v) is 3.34. The highest BCUT2D eigenvalue weighted by molar-refractivity contribution is 5.82. The first-order valence-corrected chi connectivity index (χ1v) is 9.02. The summed E-state index contributed by atoms with van der Waals surface area (Å²) in [5, 5.41) is 0. The Morgan fingerprint density at radius 2 is 1.29 bits per heavy atom. The summed E-state index contributed by atoms with van der Waals surface area (Å²) in [5.74, 6) is -0.455. The third-order valence-electron chi connectivity index (χ3n) is 4.72. The number of hydrogen-bond acceptors (Lipinski definition) is 3. The fourth-order valence-electron chi connectivity index (χ4n) is 3.34. The van der Waals surface area contributed by atoms with Crippen LogP contribution in [0.25, 0.3) is 44.7 Å². The predicted molar refractivity (Wildman–Crippen MR) is 111 cm³/mol. The van der Waals surface area contributed by atoms with Crippen LogP contribution >= 0.6 is 0 Å². The lowest BCUT2D eigenvalue weighted by Crippen LogP contribution is -1.93. The first kappa shape index (κ1) is 16.3. The number of fused-ring (bicyclic) bond motifs is 1. The van der Waals surface area contributed by atoms with Gasteiger partial charge in [-0.1, -0.05) is 60.7 Å². The lowest BCUT2D eigenvalue weighted by Gasteiger charge is -2.10. The van der Waals surface area contributed by atoms with Crippen LogP contribution in [0.15, 0.2) is 100 Å². The van der Waals surface area contributed by atoms with Crippen molar-refractivity contribution in [2.24, 2.45) is 0 Å². The van der Waals surface area contributed by atoms with E-state index in [-0.39, 0.29) is 0 Å². The summed E-state index contributed by atoms with van der Waals surface area (Å²) in [5.41, 5.74) is 7.12. The lowest BCUT2D eigenvalue weighted by atomic mass is 10.00. The molecule has 1 N–H and O–H groups in total. The second kappa shape index (κ2) is 6.67. The number of aromatic nitrogens is 2. The molecule has 0 radical (unpaired) electrons. The maximum absolute atomic E-state index is 11.5. The van der Waals surface area contributed by atoms with Crippen molar-refractivity contribution < 1.29 is 4.42 Å². The molecule has 28 heavy (non-hydrogen) atoms. The average molecular weight is 364 g/mol. The minimum Gasteiger partial charge on any atom is -0.408 e. The van der Waals surface area contributed by atoms with E-state index in [0.717, 1.165) is 33.6 Å². The number of benzene rings is 3. The van der Waals surface area contributed by atoms with Crippen LogP contribution in [0.3, 0.4) is 0 Å². The Balaban J connectivity index is 1.72. The van der Waals surface area contributed by atoms with Gasteiger partial charge in [0.25, 0.3) is 0 Å². The molecule has 0 atom stereocenters. The molecule has 4 nitrogen and oxygen atoms in total. The summed E-state index contributed by atoms with van der Waals surface area (Å²) in [4.78, 5) is 19.1.